The zero-order valence-corrected chi connectivity index (χ0v) is 19.2. The smallest absolute Gasteiger partial charge is 0.305 e. The molecular formula is C26H42O3. The van der Waals surface area contributed by atoms with Gasteiger partial charge in [-0.3, -0.25) is 9.59 Å². The molecule has 8 atom stereocenters. The Labute approximate surface area is 177 Å². The molecule has 29 heavy (non-hydrogen) atoms. The minimum absolute atomic E-state index is 0.0581. The molecule has 0 spiro atoms. The minimum atomic E-state index is -0.0581. The van der Waals surface area contributed by atoms with Crippen molar-refractivity contribution in [3.8, 4) is 0 Å². The highest BCUT2D eigenvalue weighted by Gasteiger charge is 2.61. The summed E-state index contributed by atoms with van der Waals surface area (Å²) >= 11 is 0. The third-order valence-corrected chi connectivity index (χ3v) is 10.5. The van der Waals surface area contributed by atoms with Crippen LogP contribution in [0.25, 0.3) is 0 Å². The Kier molecular flexibility index (Phi) is 5.90. The Morgan fingerprint density at radius 3 is 2.55 bits per heavy atom. The van der Waals surface area contributed by atoms with Gasteiger partial charge < -0.3 is 4.74 Å². The first-order valence-corrected chi connectivity index (χ1v) is 12.4. The fourth-order valence-corrected chi connectivity index (χ4v) is 8.92. The summed E-state index contributed by atoms with van der Waals surface area (Å²) in [6.07, 6.45) is 13.6. The number of hydrogen-bond donors (Lipinski definition) is 0. The van der Waals surface area contributed by atoms with Crippen LogP contribution < -0.4 is 0 Å². The summed E-state index contributed by atoms with van der Waals surface area (Å²) in [5, 5.41) is 0. The van der Waals surface area contributed by atoms with Gasteiger partial charge in [0.05, 0.1) is 7.11 Å². The van der Waals surface area contributed by atoms with Crippen LogP contribution in [-0.2, 0) is 14.3 Å². The van der Waals surface area contributed by atoms with Crippen molar-refractivity contribution in [1.29, 1.82) is 0 Å². The van der Waals surface area contributed by atoms with E-state index in [-0.39, 0.29) is 5.97 Å². The summed E-state index contributed by atoms with van der Waals surface area (Å²) in [6.45, 7) is 7.51. The van der Waals surface area contributed by atoms with Crippen molar-refractivity contribution in [2.24, 2.45) is 46.3 Å². The average Bonchev–Trinajstić information content (AvgIpc) is 3.04. The van der Waals surface area contributed by atoms with Gasteiger partial charge in [0, 0.05) is 19.3 Å². The molecule has 4 fully saturated rings. The molecule has 4 aliphatic carbocycles. The first kappa shape index (κ1) is 21.4. The van der Waals surface area contributed by atoms with E-state index in [0.717, 1.165) is 55.3 Å². The zero-order valence-electron chi connectivity index (χ0n) is 19.2. The van der Waals surface area contributed by atoms with E-state index >= 15 is 0 Å². The van der Waals surface area contributed by atoms with Crippen LogP contribution in [-0.4, -0.2) is 18.9 Å². The monoisotopic (exact) mass is 402 g/mol. The lowest BCUT2D eigenvalue weighted by atomic mass is 9.42. The van der Waals surface area contributed by atoms with E-state index in [1.807, 2.05) is 0 Å². The van der Waals surface area contributed by atoms with Crippen LogP contribution in [0.1, 0.15) is 97.8 Å². The Morgan fingerprint density at radius 2 is 1.83 bits per heavy atom. The molecule has 3 nitrogen and oxygen atoms in total. The van der Waals surface area contributed by atoms with Crippen molar-refractivity contribution in [3.63, 3.8) is 0 Å². The van der Waals surface area contributed by atoms with Crippen LogP contribution >= 0.6 is 0 Å². The molecule has 4 aliphatic rings. The van der Waals surface area contributed by atoms with Crippen LogP contribution in [0.2, 0.25) is 0 Å². The second kappa shape index (κ2) is 8.00. The normalized spacial score (nSPS) is 46.6. The molecule has 0 amide bonds. The van der Waals surface area contributed by atoms with E-state index in [1.54, 1.807) is 0 Å². The summed E-state index contributed by atoms with van der Waals surface area (Å²) in [5.41, 5.74) is 0.852. The van der Waals surface area contributed by atoms with Gasteiger partial charge in [-0.2, -0.15) is 0 Å². The second-order valence-electron chi connectivity index (χ2n) is 11.4. The third kappa shape index (κ3) is 3.49. The van der Waals surface area contributed by atoms with Gasteiger partial charge in [0.2, 0.25) is 0 Å². The van der Waals surface area contributed by atoms with E-state index in [0.29, 0.717) is 29.0 Å². The van der Waals surface area contributed by atoms with Crippen molar-refractivity contribution in [2.45, 2.75) is 97.8 Å². The van der Waals surface area contributed by atoms with Crippen LogP contribution in [0, 0.1) is 46.3 Å². The molecule has 0 radical (unpaired) electrons. The van der Waals surface area contributed by atoms with Crippen LogP contribution in [0.4, 0.5) is 0 Å². The number of carbonyl (C=O) groups excluding carboxylic acids is 2. The average molecular weight is 403 g/mol. The molecule has 0 bridgehead atoms. The predicted octanol–water partition coefficient (Wildman–Crippen LogP) is 6.19. The van der Waals surface area contributed by atoms with E-state index in [1.165, 1.54) is 52.1 Å². The molecule has 0 aliphatic heterocycles. The third-order valence-electron chi connectivity index (χ3n) is 10.5. The van der Waals surface area contributed by atoms with E-state index in [2.05, 4.69) is 20.8 Å². The molecule has 6 unspecified atom stereocenters. The maximum Gasteiger partial charge on any atom is 0.305 e. The molecule has 164 valence electrons. The fraction of sp³-hybridized carbons (Fsp3) is 0.923. The molecule has 4 rings (SSSR count). The predicted molar refractivity (Wildman–Crippen MR) is 115 cm³/mol. The Morgan fingerprint density at radius 1 is 1.07 bits per heavy atom. The van der Waals surface area contributed by atoms with Gasteiger partial charge in [-0.25, -0.2) is 0 Å². The van der Waals surface area contributed by atoms with Gasteiger partial charge in [-0.1, -0.05) is 27.2 Å². The molecule has 3 heteroatoms. The Hall–Kier alpha value is -0.860. The molecule has 0 N–H and O–H groups in total. The number of methoxy groups -OCH3 is 1. The second-order valence-corrected chi connectivity index (χ2v) is 11.4. The van der Waals surface area contributed by atoms with Gasteiger partial charge >= 0.3 is 5.97 Å². The number of ether oxygens (including phenoxy) is 1. The lowest BCUT2D eigenvalue weighted by Crippen LogP contribution is -2.56. The Balaban J connectivity index is 1.51. The molecular weight excluding hydrogens is 360 g/mol. The molecule has 0 saturated heterocycles. The lowest BCUT2D eigenvalue weighted by Gasteiger charge is -2.62. The summed E-state index contributed by atoms with van der Waals surface area (Å²) in [5.74, 6) is 5.16. The van der Waals surface area contributed by atoms with Crippen LogP contribution in [0.5, 0.6) is 0 Å². The highest BCUT2D eigenvalue weighted by molar-refractivity contribution is 5.79. The number of rotatable bonds is 5. The zero-order chi connectivity index (χ0) is 20.8. The van der Waals surface area contributed by atoms with Crippen molar-refractivity contribution >= 4 is 11.8 Å². The van der Waals surface area contributed by atoms with E-state index in [9.17, 15) is 9.59 Å². The highest BCUT2D eigenvalue weighted by Crippen LogP contribution is 2.68. The first-order valence-electron chi connectivity index (χ1n) is 12.4. The molecule has 4 saturated carbocycles. The van der Waals surface area contributed by atoms with Gasteiger partial charge in [-0.05, 0) is 97.7 Å². The molecule has 0 aromatic rings. The number of Topliss-reactive ketones (excluding diaryl/α,β-unsaturated/α-hetero) is 1. The van der Waals surface area contributed by atoms with Gasteiger partial charge in [0.25, 0.3) is 0 Å². The maximum absolute atomic E-state index is 12.3. The SMILES string of the molecule is CC[C@H]1CC2C3CCC(CCCC(=O)OC)C3(C)CC[C@@H]2C2(C)CCC(=O)CC12. The first-order chi connectivity index (χ1) is 13.8. The molecule has 0 aromatic carbocycles. The molecule has 0 aromatic heterocycles. The number of hydrogen-bond acceptors (Lipinski definition) is 3. The van der Waals surface area contributed by atoms with Crippen LogP contribution in [0.15, 0.2) is 0 Å². The topological polar surface area (TPSA) is 43.4 Å². The van der Waals surface area contributed by atoms with E-state index in [4.69, 9.17) is 4.74 Å². The van der Waals surface area contributed by atoms with Crippen LogP contribution in [0.3, 0.4) is 0 Å². The van der Waals surface area contributed by atoms with Crippen molar-refractivity contribution in [3.05, 3.63) is 0 Å². The summed E-state index contributed by atoms with van der Waals surface area (Å²) in [6, 6.07) is 0. The summed E-state index contributed by atoms with van der Waals surface area (Å²) < 4.78 is 4.85. The largest absolute Gasteiger partial charge is 0.469 e. The summed E-state index contributed by atoms with van der Waals surface area (Å²) in [7, 11) is 1.50. The maximum atomic E-state index is 12.3. The highest BCUT2D eigenvalue weighted by atomic mass is 16.5. The van der Waals surface area contributed by atoms with Gasteiger partial charge in [-0.15, -0.1) is 0 Å². The number of carbonyl (C=O) groups is 2. The van der Waals surface area contributed by atoms with Crippen molar-refractivity contribution in [2.75, 3.05) is 7.11 Å². The van der Waals surface area contributed by atoms with Gasteiger partial charge in [0.15, 0.2) is 0 Å². The standard InChI is InChI=1S/C26H42O3/c1-5-17-15-20-21-10-9-18(7-6-8-24(28)29-4)25(21,2)14-12-22(20)26(3)13-11-19(27)16-23(17)26/h17-18,20-23H,5-16H2,1-4H3/t17-,18?,20?,21?,22-,23?,25?,26?/m0/s1. The Bertz CT molecular complexity index is 642. The number of esters is 1. The quantitative estimate of drug-likeness (QED) is 0.515. The number of fused-ring (bicyclic) bond motifs is 5. The van der Waals surface area contributed by atoms with Gasteiger partial charge in [0.1, 0.15) is 5.78 Å². The lowest BCUT2D eigenvalue weighted by molar-refractivity contribution is -0.151. The minimum Gasteiger partial charge on any atom is -0.469 e. The fourth-order valence-electron chi connectivity index (χ4n) is 8.92. The molecule has 0 heterocycles. The summed E-state index contributed by atoms with van der Waals surface area (Å²) in [4.78, 5) is 23.8. The van der Waals surface area contributed by atoms with Crippen molar-refractivity contribution < 1.29 is 14.3 Å². The van der Waals surface area contributed by atoms with E-state index < -0.39 is 0 Å². The number of ketones is 1. The van der Waals surface area contributed by atoms with Crippen molar-refractivity contribution in [1.82, 2.24) is 0 Å².